The first-order valence-electron chi connectivity index (χ1n) is 19.5. The van der Waals surface area contributed by atoms with Gasteiger partial charge in [-0.2, -0.15) is 0 Å². The lowest BCUT2D eigenvalue weighted by atomic mass is 9.93. The van der Waals surface area contributed by atoms with Crippen molar-refractivity contribution in [3.8, 4) is 51.0 Å². The average molecular weight is 741 g/mol. The number of nitrogens with zero attached hydrogens (tertiary/aromatic N) is 4. The summed E-state index contributed by atoms with van der Waals surface area (Å²) in [5, 5.41) is 9.33. The molecule has 5 heteroatoms. The number of hydrogen-bond donors (Lipinski definition) is 0. The van der Waals surface area contributed by atoms with E-state index in [1.165, 1.54) is 32.6 Å². The number of aromatic nitrogens is 4. The normalized spacial score (nSPS) is 11.8. The maximum atomic E-state index is 6.75. The molecule has 0 spiro atoms. The Labute approximate surface area is 333 Å². The minimum atomic E-state index is 0.600. The minimum absolute atomic E-state index is 0.600. The van der Waals surface area contributed by atoms with Gasteiger partial charge in [-0.05, 0) is 69.1 Å². The highest BCUT2D eigenvalue weighted by molar-refractivity contribution is 6.25. The van der Waals surface area contributed by atoms with Gasteiger partial charge in [-0.3, -0.25) is 0 Å². The van der Waals surface area contributed by atoms with E-state index in [2.05, 4.69) is 126 Å². The van der Waals surface area contributed by atoms with E-state index in [0.717, 1.165) is 66.2 Å². The van der Waals surface area contributed by atoms with Crippen molar-refractivity contribution in [1.29, 1.82) is 0 Å². The molecule has 270 valence electrons. The molecule has 12 rings (SSSR count). The van der Waals surface area contributed by atoms with Crippen LogP contribution in [0.25, 0.3) is 116 Å². The average Bonchev–Trinajstić information content (AvgIpc) is 3.86. The lowest BCUT2D eigenvalue weighted by Crippen LogP contribution is -2.00. The molecule has 5 nitrogen and oxygen atoms in total. The highest BCUT2D eigenvalue weighted by Gasteiger charge is 2.21. The van der Waals surface area contributed by atoms with Gasteiger partial charge in [-0.1, -0.05) is 158 Å². The van der Waals surface area contributed by atoms with E-state index in [1.54, 1.807) is 0 Å². The second kappa shape index (κ2) is 12.8. The molecule has 58 heavy (non-hydrogen) atoms. The molecule has 0 atom stereocenters. The molecule has 0 saturated heterocycles. The van der Waals surface area contributed by atoms with Crippen LogP contribution < -0.4 is 0 Å². The largest absolute Gasteiger partial charge is 0.456 e. The molecule has 0 fully saturated rings. The first-order valence-corrected chi connectivity index (χ1v) is 19.5. The van der Waals surface area contributed by atoms with Crippen LogP contribution in [0.2, 0.25) is 0 Å². The van der Waals surface area contributed by atoms with Gasteiger partial charge in [0.05, 0.1) is 11.0 Å². The molecule has 0 radical (unpaired) electrons. The quantitative estimate of drug-likeness (QED) is 0.176. The van der Waals surface area contributed by atoms with Crippen LogP contribution in [0.1, 0.15) is 0 Å². The van der Waals surface area contributed by atoms with E-state index >= 15 is 0 Å². The number of rotatable bonds is 5. The molecule has 3 heterocycles. The smallest absolute Gasteiger partial charge is 0.164 e. The monoisotopic (exact) mass is 740 g/mol. The predicted octanol–water partition coefficient (Wildman–Crippen LogP) is 13.8. The van der Waals surface area contributed by atoms with Crippen LogP contribution in [-0.4, -0.2) is 19.5 Å². The molecule has 0 amide bonds. The molecule has 12 aromatic rings. The van der Waals surface area contributed by atoms with Crippen LogP contribution in [0, 0.1) is 0 Å². The Morgan fingerprint density at radius 1 is 0.345 bits per heavy atom. The van der Waals surface area contributed by atoms with Crippen molar-refractivity contribution in [1.82, 2.24) is 19.5 Å². The van der Waals surface area contributed by atoms with Gasteiger partial charge in [0, 0.05) is 43.9 Å². The van der Waals surface area contributed by atoms with E-state index in [1.807, 2.05) is 72.8 Å². The summed E-state index contributed by atoms with van der Waals surface area (Å²) in [4.78, 5) is 15.1. The fourth-order valence-corrected chi connectivity index (χ4v) is 8.84. The van der Waals surface area contributed by atoms with Gasteiger partial charge in [-0.15, -0.1) is 0 Å². The molecular formula is C53H32N4O. The van der Waals surface area contributed by atoms with E-state index in [0.29, 0.717) is 17.5 Å². The fourth-order valence-electron chi connectivity index (χ4n) is 8.84. The highest BCUT2D eigenvalue weighted by Crippen LogP contribution is 2.44. The summed E-state index contributed by atoms with van der Waals surface area (Å²) in [6.07, 6.45) is 0. The summed E-state index contributed by atoms with van der Waals surface area (Å²) in [5.74, 6) is 1.85. The van der Waals surface area contributed by atoms with E-state index in [9.17, 15) is 0 Å². The zero-order valence-corrected chi connectivity index (χ0v) is 31.2. The molecule has 3 aromatic heterocycles. The molecule has 0 bridgehead atoms. The molecule has 0 N–H and O–H groups in total. The summed E-state index contributed by atoms with van der Waals surface area (Å²) in [6.45, 7) is 0. The van der Waals surface area contributed by atoms with E-state index < -0.39 is 0 Å². The standard InChI is InChI=1S/C53H32N4O/c1-3-15-35(16-4-1)51-54-52(36-17-5-2-6-18-36)56-53(55-51)42-23-13-25-46-50(42)49-40-21-10-9-20-39(40)43(32-47(49)58-46)34-26-29-37(30-27-34)57-44-24-12-11-22-41(44)48-38-19-8-7-14-33(38)28-31-45(48)57/h1-32H. The van der Waals surface area contributed by atoms with Crippen LogP contribution >= 0.6 is 0 Å². The van der Waals surface area contributed by atoms with Crippen LogP contribution in [0.4, 0.5) is 0 Å². The molecule has 0 aliphatic rings. The number of hydrogen-bond acceptors (Lipinski definition) is 4. The Bertz CT molecular complexity index is 3490. The van der Waals surface area contributed by atoms with Crippen LogP contribution in [0.15, 0.2) is 199 Å². The summed E-state index contributed by atoms with van der Waals surface area (Å²) in [5.41, 5.74) is 10.1. The van der Waals surface area contributed by atoms with Crippen molar-refractivity contribution in [2.75, 3.05) is 0 Å². The second-order valence-corrected chi connectivity index (χ2v) is 14.7. The second-order valence-electron chi connectivity index (χ2n) is 14.7. The van der Waals surface area contributed by atoms with Crippen molar-refractivity contribution in [2.24, 2.45) is 0 Å². The molecule has 0 aliphatic heterocycles. The van der Waals surface area contributed by atoms with E-state index in [4.69, 9.17) is 19.4 Å². The first-order chi connectivity index (χ1) is 28.8. The Balaban J connectivity index is 1.03. The third-order valence-corrected chi connectivity index (χ3v) is 11.4. The minimum Gasteiger partial charge on any atom is -0.456 e. The van der Waals surface area contributed by atoms with Gasteiger partial charge in [0.15, 0.2) is 17.5 Å². The van der Waals surface area contributed by atoms with Crippen molar-refractivity contribution in [3.05, 3.63) is 194 Å². The Morgan fingerprint density at radius 2 is 0.966 bits per heavy atom. The lowest BCUT2D eigenvalue weighted by molar-refractivity contribution is 0.669. The number of fused-ring (bicyclic) bond motifs is 10. The van der Waals surface area contributed by atoms with Gasteiger partial charge in [0.2, 0.25) is 0 Å². The highest BCUT2D eigenvalue weighted by atomic mass is 16.3. The maximum Gasteiger partial charge on any atom is 0.164 e. The zero-order chi connectivity index (χ0) is 38.2. The number of para-hydroxylation sites is 1. The molecule has 0 aliphatic carbocycles. The van der Waals surface area contributed by atoms with E-state index in [-0.39, 0.29) is 0 Å². The molecule has 0 saturated carbocycles. The van der Waals surface area contributed by atoms with Gasteiger partial charge in [0.25, 0.3) is 0 Å². The topological polar surface area (TPSA) is 56.7 Å². The number of benzene rings is 9. The van der Waals surface area contributed by atoms with Crippen LogP contribution in [0.5, 0.6) is 0 Å². The summed E-state index contributed by atoms with van der Waals surface area (Å²) in [7, 11) is 0. The van der Waals surface area contributed by atoms with Crippen molar-refractivity contribution < 1.29 is 4.42 Å². The summed E-state index contributed by atoms with van der Waals surface area (Å²) >= 11 is 0. The van der Waals surface area contributed by atoms with Gasteiger partial charge in [0.1, 0.15) is 11.2 Å². The summed E-state index contributed by atoms with van der Waals surface area (Å²) in [6, 6.07) is 67.9. The third kappa shape index (κ3) is 5.00. The van der Waals surface area contributed by atoms with Crippen molar-refractivity contribution in [3.63, 3.8) is 0 Å². The SMILES string of the molecule is c1ccc(-c2nc(-c3ccccc3)nc(-c3cccc4oc5cc(-c6ccc(-n7c8ccccc8c8c9ccccc9ccc87)cc6)c6ccccc6c5c34)n2)cc1. The van der Waals surface area contributed by atoms with Crippen LogP contribution in [-0.2, 0) is 0 Å². The zero-order valence-electron chi connectivity index (χ0n) is 31.2. The Hall–Kier alpha value is -7.89. The van der Waals surface area contributed by atoms with Gasteiger partial charge < -0.3 is 8.98 Å². The first kappa shape index (κ1) is 32.4. The molecular weight excluding hydrogens is 709 g/mol. The fraction of sp³-hybridized carbons (Fsp3) is 0. The Morgan fingerprint density at radius 3 is 1.71 bits per heavy atom. The van der Waals surface area contributed by atoms with Gasteiger partial charge >= 0.3 is 0 Å². The van der Waals surface area contributed by atoms with Crippen LogP contribution in [0.3, 0.4) is 0 Å². The maximum absolute atomic E-state index is 6.75. The third-order valence-electron chi connectivity index (χ3n) is 11.4. The van der Waals surface area contributed by atoms with Crippen molar-refractivity contribution in [2.45, 2.75) is 0 Å². The number of furan rings is 1. The predicted molar refractivity (Wildman–Crippen MR) is 238 cm³/mol. The lowest BCUT2D eigenvalue weighted by Gasteiger charge is -2.12. The summed E-state index contributed by atoms with van der Waals surface area (Å²) < 4.78 is 9.14. The molecule has 9 aromatic carbocycles. The Kier molecular flexibility index (Phi) is 7.16. The molecule has 0 unspecified atom stereocenters. The van der Waals surface area contributed by atoms with Crippen molar-refractivity contribution >= 4 is 65.3 Å². The van der Waals surface area contributed by atoms with Gasteiger partial charge in [-0.25, -0.2) is 15.0 Å².